The van der Waals surface area contributed by atoms with Crippen molar-refractivity contribution in [2.24, 2.45) is 0 Å². The van der Waals surface area contributed by atoms with Crippen LogP contribution in [0, 0.1) is 13.8 Å². The molecule has 0 aliphatic heterocycles. The van der Waals surface area contributed by atoms with Crippen molar-refractivity contribution in [3.8, 4) is 0 Å². The maximum absolute atomic E-state index is 11.8. The van der Waals surface area contributed by atoms with Crippen molar-refractivity contribution in [3.05, 3.63) is 57.0 Å². The Hall–Kier alpha value is -1.68. The predicted octanol–water partition coefficient (Wildman–Crippen LogP) is 1.96. The topological polar surface area (TPSA) is 47.8 Å². The lowest BCUT2D eigenvalue weighted by Gasteiger charge is -2.08. The molecule has 2 rings (SSSR count). The molecule has 4 nitrogen and oxygen atoms in total. The number of aryl methyl sites for hydroxylation is 2. The molecule has 0 bridgehead atoms. The van der Waals surface area contributed by atoms with Gasteiger partial charge in [0.1, 0.15) is 11.0 Å². The Balaban J connectivity index is 2.40. The smallest absolute Gasteiger partial charge is 0.255 e. The second kappa shape index (κ2) is 4.67. The molecule has 0 radical (unpaired) electrons. The fourth-order valence-electron chi connectivity index (χ4n) is 1.63. The molecule has 0 aromatic carbocycles. The Bertz CT molecular complexity index is 607. The first-order chi connectivity index (χ1) is 8.06. The summed E-state index contributed by atoms with van der Waals surface area (Å²) in [6.07, 6.45) is 0. The second-order valence-corrected chi connectivity index (χ2v) is 4.21. The maximum Gasteiger partial charge on any atom is 0.255 e. The highest BCUT2D eigenvalue weighted by atomic mass is 35.5. The Morgan fingerprint density at radius 2 is 2.06 bits per heavy atom. The van der Waals surface area contributed by atoms with E-state index in [1.807, 2.05) is 25.1 Å². The van der Waals surface area contributed by atoms with Gasteiger partial charge in [0.15, 0.2) is 0 Å². The SMILES string of the molecule is Cc1cccc(Cn2c(C)nc(Cl)cc2=O)n1. The van der Waals surface area contributed by atoms with E-state index in [0.717, 1.165) is 11.4 Å². The van der Waals surface area contributed by atoms with Crippen molar-refractivity contribution in [2.45, 2.75) is 20.4 Å². The Morgan fingerprint density at radius 1 is 1.29 bits per heavy atom. The van der Waals surface area contributed by atoms with Gasteiger partial charge in [0.2, 0.25) is 0 Å². The highest BCUT2D eigenvalue weighted by molar-refractivity contribution is 6.29. The largest absolute Gasteiger partial charge is 0.291 e. The molecule has 0 aliphatic rings. The van der Waals surface area contributed by atoms with Crippen molar-refractivity contribution in [1.29, 1.82) is 0 Å². The molecule has 0 saturated carbocycles. The summed E-state index contributed by atoms with van der Waals surface area (Å²) in [5, 5.41) is 0.223. The van der Waals surface area contributed by atoms with E-state index in [4.69, 9.17) is 11.6 Å². The van der Waals surface area contributed by atoms with E-state index < -0.39 is 0 Å². The maximum atomic E-state index is 11.8. The zero-order chi connectivity index (χ0) is 12.4. The van der Waals surface area contributed by atoms with Crippen LogP contribution in [0.3, 0.4) is 0 Å². The molecule has 5 heteroatoms. The van der Waals surface area contributed by atoms with Crippen LogP contribution < -0.4 is 5.56 Å². The Morgan fingerprint density at radius 3 is 2.71 bits per heavy atom. The van der Waals surface area contributed by atoms with Gasteiger partial charge in [0, 0.05) is 11.8 Å². The van der Waals surface area contributed by atoms with Crippen LogP contribution in [0.1, 0.15) is 17.2 Å². The lowest BCUT2D eigenvalue weighted by atomic mass is 10.3. The predicted molar refractivity (Wildman–Crippen MR) is 66.3 cm³/mol. The molecule has 0 N–H and O–H groups in total. The highest BCUT2D eigenvalue weighted by Crippen LogP contribution is 2.04. The molecule has 2 aromatic rings. The lowest BCUT2D eigenvalue weighted by Crippen LogP contribution is -2.23. The minimum absolute atomic E-state index is 0.161. The lowest BCUT2D eigenvalue weighted by molar-refractivity contribution is 0.685. The van der Waals surface area contributed by atoms with Gasteiger partial charge in [0.05, 0.1) is 12.2 Å². The Kier molecular flexibility index (Phi) is 3.24. The molecule has 88 valence electrons. The Labute approximate surface area is 104 Å². The fourth-order valence-corrected chi connectivity index (χ4v) is 1.84. The van der Waals surface area contributed by atoms with Crippen molar-refractivity contribution < 1.29 is 0 Å². The first kappa shape index (κ1) is 11.8. The summed E-state index contributed by atoms with van der Waals surface area (Å²) in [5.41, 5.74) is 1.60. The molecule has 0 saturated heterocycles. The summed E-state index contributed by atoms with van der Waals surface area (Å²) in [5.74, 6) is 0.589. The van der Waals surface area contributed by atoms with E-state index in [1.165, 1.54) is 6.07 Å². The first-order valence-electron chi connectivity index (χ1n) is 5.23. The minimum Gasteiger partial charge on any atom is -0.291 e. The van der Waals surface area contributed by atoms with Crippen LogP contribution in [0.25, 0.3) is 0 Å². The first-order valence-corrected chi connectivity index (χ1v) is 5.60. The average molecular weight is 250 g/mol. The van der Waals surface area contributed by atoms with E-state index in [0.29, 0.717) is 12.4 Å². The van der Waals surface area contributed by atoms with Crippen molar-refractivity contribution in [2.75, 3.05) is 0 Å². The summed E-state index contributed by atoms with van der Waals surface area (Å²) in [7, 11) is 0. The number of hydrogen-bond donors (Lipinski definition) is 0. The van der Waals surface area contributed by atoms with Crippen molar-refractivity contribution in [1.82, 2.24) is 14.5 Å². The van der Waals surface area contributed by atoms with Crippen LogP contribution in [0.4, 0.5) is 0 Å². The second-order valence-electron chi connectivity index (χ2n) is 3.82. The third kappa shape index (κ3) is 2.71. The summed E-state index contributed by atoms with van der Waals surface area (Å²) < 4.78 is 1.55. The summed E-state index contributed by atoms with van der Waals surface area (Å²) in [4.78, 5) is 20.2. The average Bonchev–Trinajstić information content (AvgIpc) is 2.23. The normalized spacial score (nSPS) is 10.5. The summed E-state index contributed by atoms with van der Waals surface area (Å²) in [6.45, 7) is 4.08. The molecular formula is C12H12ClN3O. The van der Waals surface area contributed by atoms with E-state index in [9.17, 15) is 4.79 Å². The van der Waals surface area contributed by atoms with Crippen LogP contribution >= 0.6 is 11.6 Å². The molecule has 0 amide bonds. The van der Waals surface area contributed by atoms with Crippen LogP contribution in [-0.2, 0) is 6.54 Å². The van der Waals surface area contributed by atoms with Crippen LogP contribution in [0.5, 0.6) is 0 Å². The van der Waals surface area contributed by atoms with E-state index in [2.05, 4.69) is 9.97 Å². The number of rotatable bonds is 2. The van der Waals surface area contributed by atoms with Gasteiger partial charge in [0.25, 0.3) is 5.56 Å². The third-order valence-electron chi connectivity index (χ3n) is 2.43. The number of nitrogens with zero attached hydrogens (tertiary/aromatic N) is 3. The van der Waals surface area contributed by atoms with E-state index in [-0.39, 0.29) is 10.7 Å². The number of halogens is 1. The molecule has 0 fully saturated rings. The third-order valence-corrected chi connectivity index (χ3v) is 2.63. The van der Waals surface area contributed by atoms with Gasteiger partial charge >= 0.3 is 0 Å². The molecule has 0 aliphatic carbocycles. The monoisotopic (exact) mass is 249 g/mol. The standard InChI is InChI=1S/C12H12ClN3O/c1-8-4-3-5-10(14-8)7-16-9(2)15-11(13)6-12(16)17/h3-6H,7H2,1-2H3. The van der Waals surface area contributed by atoms with Gasteiger partial charge in [-0.25, -0.2) is 4.98 Å². The van der Waals surface area contributed by atoms with Crippen LogP contribution in [-0.4, -0.2) is 14.5 Å². The molecule has 0 atom stereocenters. The van der Waals surface area contributed by atoms with Gasteiger partial charge in [-0.2, -0.15) is 0 Å². The molecule has 2 heterocycles. The highest BCUT2D eigenvalue weighted by Gasteiger charge is 2.05. The van der Waals surface area contributed by atoms with Gasteiger partial charge < -0.3 is 0 Å². The van der Waals surface area contributed by atoms with Gasteiger partial charge in [-0.3, -0.25) is 14.3 Å². The zero-order valence-corrected chi connectivity index (χ0v) is 10.4. The fraction of sp³-hybridized carbons (Fsp3) is 0.250. The van der Waals surface area contributed by atoms with Crippen LogP contribution in [0.2, 0.25) is 5.15 Å². The molecule has 17 heavy (non-hydrogen) atoms. The van der Waals surface area contributed by atoms with Gasteiger partial charge in [-0.15, -0.1) is 0 Å². The molecule has 2 aromatic heterocycles. The number of hydrogen-bond acceptors (Lipinski definition) is 3. The minimum atomic E-state index is -0.161. The quantitative estimate of drug-likeness (QED) is 0.765. The van der Waals surface area contributed by atoms with Crippen LogP contribution in [0.15, 0.2) is 29.1 Å². The zero-order valence-electron chi connectivity index (χ0n) is 9.64. The summed E-state index contributed by atoms with van der Waals surface area (Å²) >= 11 is 5.71. The van der Waals surface area contributed by atoms with E-state index >= 15 is 0 Å². The van der Waals surface area contributed by atoms with Crippen molar-refractivity contribution in [3.63, 3.8) is 0 Å². The summed E-state index contributed by atoms with van der Waals surface area (Å²) in [6, 6.07) is 7.03. The molecular weight excluding hydrogens is 238 g/mol. The van der Waals surface area contributed by atoms with Crippen molar-refractivity contribution >= 4 is 11.6 Å². The van der Waals surface area contributed by atoms with Gasteiger partial charge in [-0.05, 0) is 26.0 Å². The number of pyridine rings is 1. The molecule has 0 unspecified atom stereocenters. The molecule has 0 spiro atoms. The van der Waals surface area contributed by atoms with Gasteiger partial charge in [-0.1, -0.05) is 17.7 Å². The number of aromatic nitrogens is 3. The van der Waals surface area contributed by atoms with E-state index in [1.54, 1.807) is 11.5 Å².